The van der Waals surface area contributed by atoms with Gasteiger partial charge in [-0.15, -0.1) is 0 Å². The van der Waals surface area contributed by atoms with Gasteiger partial charge in [0.05, 0.1) is 24.5 Å². The zero-order valence-corrected chi connectivity index (χ0v) is 26.5. The predicted molar refractivity (Wildman–Crippen MR) is 163 cm³/mol. The summed E-state index contributed by atoms with van der Waals surface area (Å²) in [5, 5.41) is 3.02. The van der Waals surface area contributed by atoms with Gasteiger partial charge in [-0.05, 0) is 70.9 Å². The number of amides is 3. The van der Waals surface area contributed by atoms with Gasteiger partial charge in [0.2, 0.25) is 17.7 Å². The van der Waals surface area contributed by atoms with Crippen molar-refractivity contribution < 1.29 is 33.4 Å². The molecular formula is C33H49N3O7. The first kappa shape index (κ1) is 34.1. The molecule has 43 heavy (non-hydrogen) atoms. The molecule has 1 saturated carbocycles. The van der Waals surface area contributed by atoms with Gasteiger partial charge in [-0.1, -0.05) is 44.4 Å². The van der Waals surface area contributed by atoms with Crippen LogP contribution in [0.3, 0.4) is 0 Å². The molecule has 1 fully saturated rings. The number of hydrogen-bond acceptors (Lipinski definition) is 7. The van der Waals surface area contributed by atoms with Crippen molar-refractivity contribution in [3.05, 3.63) is 29.8 Å². The Bertz CT molecular complexity index is 1150. The molecule has 0 radical (unpaired) electrons. The van der Waals surface area contributed by atoms with E-state index in [1.165, 1.54) is 4.90 Å². The first-order chi connectivity index (χ1) is 20.5. The van der Waals surface area contributed by atoms with E-state index in [0.29, 0.717) is 31.4 Å². The molecule has 1 N–H and O–H groups in total. The summed E-state index contributed by atoms with van der Waals surface area (Å²) in [6, 6.07) is 6.54. The average Bonchev–Trinajstić information content (AvgIpc) is 3.42. The molecule has 1 unspecified atom stereocenters. The number of carbonyl (C=O) groups excluding carboxylic acids is 5. The van der Waals surface area contributed by atoms with E-state index >= 15 is 0 Å². The monoisotopic (exact) mass is 599 g/mol. The molecule has 1 aliphatic carbocycles. The number of nitrogens with one attached hydrogen (secondary N) is 1. The van der Waals surface area contributed by atoms with Crippen LogP contribution in [0.25, 0.3) is 0 Å². The Kier molecular flexibility index (Phi) is 12.6. The van der Waals surface area contributed by atoms with Crippen molar-refractivity contribution in [1.29, 1.82) is 0 Å². The van der Waals surface area contributed by atoms with Gasteiger partial charge in [0.1, 0.15) is 12.6 Å². The Morgan fingerprint density at radius 2 is 1.79 bits per heavy atom. The van der Waals surface area contributed by atoms with Crippen LogP contribution in [0.4, 0.5) is 5.69 Å². The SMILES string of the molecule is CCCCOC(=O)C(CC(=O)N(C)C(C)C)CC1(C(=O)N[C@H]2CCc3ccccc3N(CC(=O)OCC)C2=O)CCCC1. The first-order valence-corrected chi connectivity index (χ1v) is 15.8. The number of benzene rings is 1. The van der Waals surface area contributed by atoms with Crippen molar-refractivity contribution in [2.24, 2.45) is 11.3 Å². The molecule has 1 heterocycles. The fourth-order valence-corrected chi connectivity index (χ4v) is 6.02. The summed E-state index contributed by atoms with van der Waals surface area (Å²) in [4.78, 5) is 69.8. The molecule has 0 bridgehead atoms. The minimum Gasteiger partial charge on any atom is -0.465 e. The summed E-state index contributed by atoms with van der Waals surface area (Å²) >= 11 is 0. The molecule has 0 spiro atoms. The van der Waals surface area contributed by atoms with Crippen LogP contribution in [0, 0.1) is 11.3 Å². The maximum atomic E-state index is 14.1. The highest BCUT2D eigenvalue weighted by molar-refractivity contribution is 6.03. The number of ether oxygens (including phenoxy) is 2. The van der Waals surface area contributed by atoms with Crippen LogP contribution < -0.4 is 10.2 Å². The van der Waals surface area contributed by atoms with Gasteiger partial charge in [0.25, 0.3) is 0 Å². The Balaban J connectivity index is 1.84. The van der Waals surface area contributed by atoms with Gasteiger partial charge in [0.15, 0.2) is 0 Å². The maximum Gasteiger partial charge on any atom is 0.326 e. The molecule has 10 heteroatoms. The quantitative estimate of drug-likeness (QED) is 0.251. The minimum absolute atomic E-state index is 0.0315. The van der Waals surface area contributed by atoms with Crippen molar-refractivity contribution in [3.8, 4) is 0 Å². The smallest absolute Gasteiger partial charge is 0.326 e. The summed E-state index contributed by atoms with van der Waals surface area (Å²) in [6.07, 6.45) is 5.37. The van der Waals surface area contributed by atoms with Crippen LogP contribution in [0.1, 0.15) is 91.0 Å². The third-order valence-corrected chi connectivity index (χ3v) is 8.79. The highest BCUT2D eigenvalue weighted by Crippen LogP contribution is 2.45. The molecule has 0 saturated heterocycles. The lowest BCUT2D eigenvalue weighted by Gasteiger charge is -2.34. The zero-order valence-electron chi connectivity index (χ0n) is 26.5. The van der Waals surface area contributed by atoms with Crippen molar-refractivity contribution in [3.63, 3.8) is 0 Å². The van der Waals surface area contributed by atoms with Gasteiger partial charge in [0, 0.05) is 25.2 Å². The molecule has 1 aliphatic heterocycles. The minimum atomic E-state index is -0.906. The molecule has 10 nitrogen and oxygen atoms in total. The summed E-state index contributed by atoms with van der Waals surface area (Å²) in [5.74, 6) is -2.59. The average molecular weight is 600 g/mol. The van der Waals surface area contributed by atoms with Crippen molar-refractivity contribution in [2.45, 2.75) is 104 Å². The number of rotatable bonds is 14. The van der Waals surface area contributed by atoms with E-state index in [4.69, 9.17) is 9.47 Å². The number of anilines is 1. The number of para-hydroxylation sites is 1. The number of nitrogens with zero attached hydrogens (tertiary/aromatic N) is 2. The number of unbranched alkanes of at least 4 members (excludes halogenated alkanes) is 1. The maximum absolute atomic E-state index is 14.1. The van der Waals surface area contributed by atoms with Gasteiger partial charge >= 0.3 is 11.9 Å². The number of carbonyl (C=O) groups is 5. The second kappa shape index (κ2) is 15.9. The Morgan fingerprint density at radius 3 is 2.44 bits per heavy atom. The van der Waals surface area contributed by atoms with E-state index in [1.54, 1.807) is 24.9 Å². The third kappa shape index (κ3) is 8.80. The Morgan fingerprint density at radius 1 is 1.09 bits per heavy atom. The van der Waals surface area contributed by atoms with E-state index in [2.05, 4.69) is 5.32 Å². The molecule has 1 aromatic carbocycles. The Labute approximate surface area is 255 Å². The van der Waals surface area contributed by atoms with Crippen molar-refractivity contribution >= 4 is 35.3 Å². The lowest BCUT2D eigenvalue weighted by atomic mass is 9.75. The summed E-state index contributed by atoms with van der Waals surface area (Å²) < 4.78 is 10.7. The molecule has 3 rings (SSSR count). The van der Waals surface area contributed by atoms with Crippen LogP contribution in [-0.2, 0) is 39.9 Å². The fourth-order valence-electron chi connectivity index (χ4n) is 6.02. The summed E-state index contributed by atoms with van der Waals surface area (Å²) in [7, 11) is 1.71. The van der Waals surface area contributed by atoms with Crippen LogP contribution in [0.2, 0.25) is 0 Å². The highest BCUT2D eigenvalue weighted by atomic mass is 16.5. The lowest BCUT2D eigenvalue weighted by molar-refractivity contribution is -0.154. The molecule has 2 aliphatic rings. The second-order valence-electron chi connectivity index (χ2n) is 12.1. The molecule has 2 atom stereocenters. The Hall–Kier alpha value is -3.43. The van der Waals surface area contributed by atoms with Crippen molar-refractivity contribution in [2.75, 3.05) is 31.7 Å². The molecule has 238 valence electrons. The van der Waals surface area contributed by atoms with Crippen LogP contribution in [0.5, 0.6) is 0 Å². The first-order valence-electron chi connectivity index (χ1n) is 15.8. The van der Waals surface area contributed by atoms with E-state index in [0.717, 1.165) is 31.2 Å². The van der Waals surface area contributed by atoms with E-state index in [1.807, 2.05) is 39.0 Å². The fraction of sp³-hybridized carbons (Fsp3) is 0.667. The second-order valence-corrected chi connectivity index (χ2v) is 12.1. The number of aryl methyl sites for hydroxylation is 1. The van der Waals surface area contributed by atoms with Crippen LogP contribution in [0.15, 0.2) is 24.3 Å². The van der Waals surface area contributed by atoms with Crippen LogP contribution in [-0.4, -0.2) is 73.4 Å². The molecular weight excluding hydrogens is 550 g/mol. The van der Waals surface area contributed by atoms with Gasteiger partial charge in [-0.3, -0.25) is 28.9 Å². The van der Waals surface area contributed by atoms with Gasteiger partial charge in [-0.25, -0.2) is 0 Å². The van der Waals surface area contributed by atoms with Crippen molar-refractivity contribution in [1.82, 2.24) is 10.2 Å². The summed E-state index contributed by atoms with van der Waals surface area (Å²) in [5.41, 5.74) is 0.641. The molecule has 0 aromatic heterocycles. The topological polar surface area (TPSA) is 122 Å². The largest absolute Gasteiger partial charge is 0.465 e. The third-order valence-electron chi connectivity index (χ3n) is 8.79. The zero-order chi connectivity index (χ0) is 31.6. The standard InChI is InChI=1S/C33H49N3O7/c1-6-8-19-43-31(40)25(20-28(37)35(5)23(3)4)21-33(17-11-12-18-33)32(41)34-26-16-15-24-13-9-10-14-27(24)36(30(26)39)22-29(38)42-7-2/h9-10,13-14,23,25-26H,6-8,11-12,15-22H2,1-5H3,(H,34,41)/t25?,26-/m0/s1. The predicted octanol–water partition coefficient (Wildman–Crippen LogP) is 4.18. The van der Waals surface area contributed by atoms with E-state index in [-0.39, 0.29) is 56.4 Å². The van der Waals surface area contributed by atoms with Gasteiger partial charge in [-0.2, -0.15) is 0 Å². The van der Waals surface area contributed by atoms with E-state index in [9.17, 15) is 24.0 Å². The molecule has 3 amide bonds. The lowest BCUT2D eigenvalue weighted by Crippen LogP contribution is -2.53. The highest BCUT2D eigenvalue weighted by Gasteiger charge is 2.46. The van der Waals surface area contributed by atoms with Crippen LogP contribution >= 0.6 is 0 Å². The molecule has 1 aromatic rings. The normalized spacial score (nSPS) is 18.4. The number of esters is 2. The number of fused-ring (bicyclic) bond motifs is 1. The summed E-state index contributed by atoms with van der Waals surface area (Å²) in [6.45, 7) is 7.75. The number of hydrogen-bond donors (Lipinski definition) is 1. The van der Waals surface area contributed by atoms with Gasteiger partial charge < -0.3 is 19.7 Å². The van der Waals surface area contributed by atoms with E-state index < -0.39 is 29.3 Å².